The molecular weight excluding hydrogens is 486 g/mol. The Morgan fingerprint density at radius 1 is 0.806 bits per heavy atom. The van der Waals surface area contributed by atoms with Crippen molar-refractivity contribution in [3.8, 4) is 11.5 Å². The van der Waals surface area contributed by atoms with E-state index in [1.807, 2.05) is 12.1 Å². The Bertz CT molecular complexity index is 1200. The number of fused-ring (bicyclic) bond motifs is 1. The highest BCUT2D eigenvalue weighted by Crippen LogP contribution is 2.44. The summed E-state index contributed by atoms with van der Waals surface area (Å²) < 4.78 is 22.1. The number of benzene rings is 1. The second-order valence-corrected chi connectivity index (χ2v) is 8.85. The van der Waals surface area contributed by atoms with E-state index in [-0.39, 0.29) is 6.79 Å². The maximum absolute atomic E-state index is 6.42. The van der Waals surface area contributed by atoms with Crippen LogP contribution in [0.1, 0.15) is 0 Å². The molecule has 2 fully saturated rings. The summed E-state index contributed by atoms with van der Waals surface area (Å²) in [6.45, 7) is 6.07. The highest BCUT2D eigenvalue weighted by molar-refractivity contribution is 6.33. The van der Waals surface area contributed by atoms with Crippen molar-refractivity contribution in [3.63, 3.8) is 0 Å². The van der Waals surface area contributed by atoms with Gasteiger partial charge < -0.3 is 39.4 Å². The van der Waals surface area contributed by atoms with Gasteiger partial charge in [-0.05, 0) is 18.2 Å². The van der Waals surface area contributed by atoms with Crippen LogP contribution in [0.2, 0.25) is 5.02 Å². The Morgan fingerprint density at radius 3 is 2.19 bits per heavy atom. The molecule has 0 radical (unpaired) electrons. The van der Waals surface area contributed by atoms with Gasteiger partial charge in [0.2, 0.25) is 12.7 Å². The number of nitrogens with one attached hydrogen (secondary N) is 2. The zero-order valence-electron chi connectivity index (χ0n) is 19.6. The van der Waals surface area contributed by atoms with E-state index < -0.39 is 0 Å². The van der Waals surface area contributed by atoms with E-state index >= 15 is 0 Å². The van der Waals surface area contributed by atoms with Crippen molar-refractivity contribution < 1.29 is 18.9 Å². The van der Waals surface area contributed by atoms with Crippen LogP contribution in [0, 0.1) is 0 Å². The Morgan fingerprint density at radius 2 is 1.50 bits per heavy atom. The number of nitrogens with zero attached hydrogens (tertiary/aromatic N) is 5. The number of rotatable bonds is 6. The van der Waals surface area contributed by atoms with E-state index in [2.05, 4.69) is 30.4 Å². The summed E-state index contributed by atoms with van der Waals surface area (Å²) in [5.74, 6) is 3.99. The van der Waals surface area contributed by atoms with Crippen LogP contribution in [0.5, 0.6) is 11.5 Å². The zero-order chi connectivity index (χ0) is 24.3. The molecule has 0 spiro atoms. The van der Waals surface area contributed by atoms with Crippen molar-refractivity contribution in [2.75, 3.05) is 79.8 Å². The number of morpholine rings is 2. The average Bonchev–Trinajstić information content (AvgIpc) is 3.41. The van der Waals surface area contributed by atoms with Gasteiger partial charge in [0.1, 0.15) is 23.1 Å². The van der Waals surface area contributed by atoms with Gasteiger partial charge in [-0.3, -0.25) is 0 Å². The lowest BCUT2D eigenvalue weighted by Gasteiger charge is -2.31. The molecule has 2 N–H and O–H groups in total. The van der Waals surface area contributed by atoms with Crippen molar-refractivity contribution in [2.45, 2.75) is 0 Å². The highest BCUT2D eigenvalue weighted by atomic mass is 35.5. The maximum Gasteiger partial charge on any atom is 0.231 e. The highest BCUT2D eigenvalue weighted by Gasteiger charge is 2.22. The molecule has 188 valence electrons. The molecular formula is C24H26ClN7O4. The number of hydrogen-bond donors (Lipinski definition) is 2. The molecule has 3 aliphatic rings. The molecule has 0 aliphatic carbocycles. The van der Waals surface area contributed by atoms with E-state index in [9.17, 15) is 0 Å². The molecule has 0 bridgehead atoms. The van der Waals surface area contributed by atoms with Crippen molar-refractivity contribution in [3.05, 3.63) is 41.6 Å². The van der Waals surface area contributed by atoms with E-state index in [4.69, 9.17) is 35.5 Å². The van der Waals surface area contributed by atoms with Crippen LogP contribution in [0.4, 0.5) is 34.8 Å². The quantitative estimate of drug-likeness (QED) is 0.508. The summed E-state index contributed by atoms with van der Waals surface area (Å²) in [5.41, 5.74) is 1.45. The van der Waals surface area contributed by atoms with Gasteiger partial charge in [-0.1, -0.05) is 11.6 Å². The predicted molar refractivity (Wildman–Crippen MR) is 136 cm³/mol. The van der Waals surface area contributed by atoms with E-state index in [0.717, 1.165) is 43.5 Å². The Labute approximate surface area is 213 Å². The summed E-state index contributed by atoms with van der Waals surface area (Å²) in [7, 11) is 0. The second kappa shape index (κ2) is 10.2. The lowest BCUT2D eigenvalue weighted by Crippen LogP contribution is -2.39. The van der Waals surface area contributed by atoms with Crippen LogP contribution in [0.3, 0.4) is 0 Å². The number of hydrogen-bond acceptors (Lipinski definition) is 11. The maximum atomic E-state index is 6.42. The topological polar surface area (TPSA) is 106 Å². The summed E-state index contributed by atoms with van der Waals surface area (Å²) in [6, 6.07) is 9.34. The van der Waals surface area contributed by atoms with Crippen LogP contribution in [0.15, 0.2) is 36.5 Å². The van der Waals surface area contributed by atoms with Gasteiger partial charge in [0.15, 0.2) is 11.5 Å². The van der Waals surface area contributed by atoms with Crippen LogP contribution >= 0.6 is 11.6 Å². The molecule has 2 saturated heterocycles. The fourth-order valence-electron chi connectivity index (χ4n) is 4.29. The summed E-state index contributed by atoms with van der Waals surface area (Å²) in [5, 5.41) is 7.10. The van der Waals surface area contributed by atoms with Gasteiger partial charge in [-0.15, -0.1) is 0 Å². The Kier molecular flexibility index (Phi) is 6.50. The zero-order valence-corrected chi connectivity index (χ0v) is 20.3. The molecule has 3 aromatic rings. The molecule has 0 amide bonds. The molecule has 0 saturated carbocycles. The Balaban J connectivity index is 1.27. The minimum Gasteiger partial charge on any atom is -0.454 e. The Hall–Kier alpha value is -3.54. The van der Waals surface area contributed by atoms with E-state index in [1.165, 1.54) is 0 Å². The van der Waals surface area contributed by atoms with Crippen molar-refractivity contribution in [1.82, 2.24) is 15.0 Å². The molecule has 0 atom stereocenters. The van der Waals surface area contributed by atoms with Gasteiger partial charge in [0.05, 0.1) is 31.5 Å². The number of anilines is 6. The van der Waals surface area contributed by atoms with Crippen molar-refractivity contribution in [2.24, 2.45) is 0 Å². The molecule has 11 nitrogen and oxygen atoms in total. The lowest BCUT2D eigenvalue weighted by molar-refractivity contribution is 0.121. The van der Waals surface area contributed by atoms with Crippen LogP contribution < -0.4 is 29.9 Å². The number of pyridine rings is 1. The summed E-state index contributed by atoms with van der Waals surface area (Å²) >= 11 is 6.42. The second-order valence-electron chi connectivity index (χ2n) is 8.44. The fourth-order valence-corrected chi connectivity index (χ4v) is 4.49. The van der Waals surface area contributed by atoms with Crippen molar-refractivity contribution >= 4 is 46.4 Å². The van der Waals surface area contributed by atoms with Gasteiger partial charge in [-0.2, -0.15) is 4.98 Å². The third-order valence-corrected chi connectivity index (χ3v) is 6.44. The number of aromatic nitrogens is 3. The molecule has 0 unspecified atom stereocenters. The largest absolute Gasteiger partial charge is 0.454 e. The smallest absolute Gasteiger partial charge is 0.231 e. The first-order valence-corrected chi connectivity index (χ1v) is 12.2. The standard InChI is InChI=1S/C24H26ClN7O4/c25-17-1-2-18-23(36-15-35-18)22(17)28-19-3-4-26-24(29-19)27-16-13-20(31-5-9-33-10-6-31)30-21(14-16)32-7-11-34-12-8-32/h1-4,13-14H,5-12,15H2,(H2,26,27,28,29,30). The van der Waals surface area contributed by atoms with E-state index in [0.29, 0.717) is 60.4 Å². The normalized spacial score (nSPS) is 17.2. The molecule has 2 aromatic heterocycles. The first kappa shape index (κ1) is 22.9. The predicted octanol–water partition coefficient (Wildman–Crippen LogP) is 3.41. The minimum atomic E-state index is 0.153. The number of halogens is 1. The van der Waals surface area contributed by atoms with Gasteiger partial charge in [0, 0.05) is 50.2 Å². The molecule has 12 heteroatoms. The SMILES string of the molecule is Clc1ccc2c(c1Nc1ccnc(Nc3cc(N4CCOCC4)nc(N4CCOCC4)c3)n1)OCO2. The molecule has 5 heterocycles. The minimum absolute atomic E-state index is 0.153. The monoisotopic (exact) mass is 511 g/mol. The molecule has 3 aliphatic heterocycles. The first-order valence-electron chi connectivity index (χ1n) is 11.9. The van der Waals surface area contributed by atoms with Crippen LogP contribution in [-0.4, -0.2) is 74.4 Å². The van der Waals surface area contributed by atoms with Crippen molar-refractivity contribution in [1.29, 1.82) is 0 Å². The van der Waals surface area contributed by atoms with Gasteiger partial charge >= 0.3 is 0 Å². The van der Waals surface area contributed by atoms with Gasteiger partial charge in [-0.25, -0.2) is 9.97 Å². The first-order chi connectivity index (χ1) is 17.7. The average molecular weight is 512 g/mol. The lowest BCUT2D eigenvalue weighted by atomic mass is 10.2. The molecule has 36 heavy (non-hydrogen) atoms. The summed E-state index contributed by atoms with van der Waals surface area (Å²) in [6.07, 6.45) is 1.68. The summed E-state index contributed by atoms with van der Waals surface area (Å²) in [4.78, 5) is 18.5. The number of ether oxygens (including phenoxy) is 4. The fraction of sp³-hybridized carbons (Fsp3) is 0.375. The third-order valence-electron chi connectivity index (χ3n) is 6.12. The van der Waals surface area contributed by atoms with E-state index in [1.54, 1.807) is 24.4 Å². The molecule has 1 aromatic carbocycles. The van der Waals surface area contributed by atoms with Gasteiger partial charge in [0.25, 0.3) is 0 Å². The molecule has 6 rings (SSSR count). The van der Waals surface area contributed by atoms with Crippen LogP contribution in [0.25, 0.3) is 0 Å². The van der Waals surface area contributed by atoms with Crippen LogP contribution in [-0.2, 0) is 9.47 Å². The third kappa shape index (κ3) is 4.90.